The lowest BCUT2D eigenvalue weighted by Gasteiger charge is -2.09. The van der Waals surface area contributed by atoms with Crippen molar-refractivity contribution in [2.75, 3.05) is 0 Å². The van der Waals surface area contributed by atoms with Gasteiger partial charge in [-0.3, -0.25) is 0 Å². The van der Waals surface area contributed by atoms with Crippen molar-refractivity contribution >= 4 is 38.6 Å². The van der Waals surface area contributed by atoms with E-state index in [-0.39, 0.29) is 0 Å². The number of alkyl halides is 1. The molecule has 0 unspecified atom stereocenters. The Bertz CT molecular complexity index is 658. The van der Waals surface area contributed by atoms with Gasteiger partial charge in [-0.05, 0) is 34.9 Å². The third kappa shape index (κ3) is 1.93. The van der Waals surface area contributed by atoms with Crippen LogP contribution in [0.2, 0.25) is 0 Å². The van der Waals surface area contributed by atoms with Gasteiger partial charge >= 0.3 is 0 Å². The Labute approximate surface area is 133 Å². The van der Waals surface area contributed by atoms with Crippen molar-refractivity contribution in [1.82, 2.24) is 9.55 Å². The quantitative estimate of drug-likeness (QED) is 0.690. The van der Waals surface area contributed by atoms with Crippen molar-refractivity contribution in [3.63, 3.8) is 0 Å². The molecule has 0 bridgehead atoms. The molecule has 1 aliphatic carbocycles. The monoisotopic (exact) mass is 354 g/mol. The third-order valence-corrected chi connectivity index (χ3v) is 6.33. The van der Waals surface area contributed by atoms with Gasteiger partial charge in [0.15, 0.2) is 0 Å². The van der Waals surface area contributed by atoms with Crippen LogP contribution < -0.4 is 0 Å². The number of halogens is 2. The Kier molecular flexibility index (Phi) is 3.22. The van der Waals surface area contributed by atoms with Crippen LogP contribution in [0.5, 0.6) is 0 Å². The van der Waals surface area contributed by atoms with Gasteiger partial charge in [-0.25, -0.2) is 4.98 Å². The molecule has 0 radical (unpaired) electrons. The number of benzene rings is 1. The van der Waals surface area contributed by atoms with Crippen LogP contribution in [-0.2, 0) is 12.4 Å². The summed E-state index contributed by atoms with van der Waals surface area (Å²) < 4.78 is 3.36. The zero-order chi connectivity index (χ0) is 14.7. The second kappa shape index (κ2) is 4.48. The van der Waals surface area contributed by atoms with Gasteiger partial charge in [-0.15, -0.1) is 11.6 Å². The van der Waals surface area contributed by atoms with Crippen molar-refractivity contribution in [3.05, 3.63) is 28.5 Å². The van der Waals surface area contributed by atoms with Crippen molar-refractivity contribution in [3.8, 4) is 0 Å². The Hall–Kier alpha value is -0.540. The molecular formula is C16H20BrClN2. The number of hydrogen-bond acceptors (Lipinski definition) is 1. The molecule has 0 N–H and O–H groups in total. The molecule has 0 amide bonds. The van der Waals surface area contributed by atoms with Gasteiger partial charge in [-0.2, -0.15) is 0 Å². The van der Waals surface area contributed by atoms with Crippen molar-refractivity contribution < 1.29 is 0 Å². The van der Waals surface area contributed by atoms with E-state index in [9.17, 15) is 0 Å². The highest BCUT2D eigenvalue weighted by Crippen LogP contribution is 2.69. The fraction of sp³-hybridized carbons (Fsp3) is 0.562. The van der Waals surface area contributed by atoms with Crippen molar-refractivity contribution in [1.29, 1.82) is 0 Å². The number of imidazole rings is 1. The lowest BCUT2D eigenvalue weighted by Crippen LogP contribution is -2.07. The average Bonchev–Trinajstić information content (AvgIpc) is 2.69. The summed E-state index contributed by atoms with van der Waals surface area (Å²) in [5.74, 6) is 2.09. The standard InChI is InChI=1S/C16H20BrClN2/c1-15(2)13(16(15,3)4)9-20-12-6-5-10(17)7-11(12)19-14(20)8-18/h5-7,13H,8-9H2,1-4H3. The lowest BCUT2D eigenvalue weighted by atomic mass is 10.0. The van der Waals surface area contributed by atoms with E-state index in [1.807, 2.05) is 0 Å². The Balaban J connectivity index is 2.03. The predicted molar refractivity (Wildman–Crippen MR) is 88.0 cm³/mol. The Morgan fingerprint density at radius 3 is 2.45 bits per heavy atom. The first-order chi connectivity index (χ1) is 9.29. The molecule has 1 fully saturated rings. The van der Waals surface area contributed by atoms with Crippen LogP contribution in [0.4, 0.5) is 0 Å². The summed E-state index contributed by atoms with van der Waals surface area (Å²) >= 11 is 9.60. The van der Waals surface area contributed by atoms with Gasteiger partial charge in [0.1, 0.15) is 5.82 Å². The maximum atomic E-state index is 6.09. The molecule has 2 nitrogen and oxygen atoms in total. The second-order valence-corrected chi connectivity index (χ2v) is 8.08. The van der Waals surface area contributed by atoms with Crippen LogP contribution in [0, 0.1) is 16.7 Å². The lowest BCUT2D eigenvalue weighted by molar-refractivity contribution is 0.457. The largest absolute Gasteiger partial charge is 0.327 e. The van der Waals surface area contributed by atoms with Crippen LogP contribution in [-0.4, -0.2) is 9.55 Å². The third-order valence-electron chi connectivity index (χ3n) is 5.59. The van der Waals surface area contributed by atoms with Gasteiger partial charge in [-0.1, -0.05) is 43.6 Å². The average molecular weight is 356 g/mol. The summed E-state index contributed by atoms with van der Waals surface area (Å²) in [5.41, 5.74) is 2.96. The topological polar surface area (TPSA) is 17.8 Å². The van der Waals surface area contributed by atoms with E-state index in [1.54, 1.807) is 0 Å². The van der Waals surface area contributed by atoms with Gasteiger partial charge in [0, 0.05) is 11.0 Å². The smallest absolute Gasteiger partial charge is 0.124 e. The predicted octanol–water partition coefficient (Wildman–Crippen LogP) is 5.22. The number of nitrogens with zero attached hydrogens (tertiary/aromatic N) is 2. The van der Waals surface area contributed by atoms with Crippen LogP contribution in [0.15, 0.2) is 22.7 Å². The number of aromatic nitrogens is 2. The molecule has 0 atom stereocenters. The second-order valence-electron chi connectivity index (χ2n) is 6.90. The van der Waals surface area contributed by atoms with E-state index >= 15 is 0 Å². The van der Waals surface area contributed by atoms with Crippen LogP contribution >= 0.6 is 27.5 Å². The summed E-state index contributed by atoms with van der Waals surface area (Å²) in [7, 11) is 0. The van der Waals surface area contributed by atoms with Crippen LogP contribution in [0.25, 0.3) is 11.0 Å². The van der Waals surface area contributed by atoms with E-state index < -0.39 is 0 Å². The normalized spacial score (nSPS) is 20.5. The summed E-state index contributed by atoms with van der Waals surface area (Å²) in [6.45, 7) is 10.4. The van der Waals surface area contributed by atoms with Gasteiger partial charge in [0.2, 0.25) is 0 Å². The van der Waals surface area contributed by atoms with Crippen molar-refractivity contribution in [2.45, 2.75) is 40.1 Å². The summed E-state index contributed by atoms with van der Waals surface area (Å²) in [6, 6.07) is 6.26. The number of fused-ring (bicyclic) bond motifs is 1. The summed E-state index contributed by atoms with van der Waals surface area (Å²) in [4.78, 5) is 4.67. The van der Waals surface area contributed by atoms with Crippen LogP contribution in [0.3, 0.4) is 0 Å². The SMILES string of the molecule is CC1(C)C(Cn2c(CCl)nc3cc(Br)ccc32)C1(C)C. The molecule has 2 aromatic rings. The molecular weight excluding hydrogens is 336 g/mol. The first kappa shape index (κ1) is 14.4. The maximum Gasteiger partial charge on any atom is 0.124 e. The zero-order valence-electron chi connectivity index (χ0n) is 12.4. The zero-order valence-corrected chi connectivity index (χ0v) is 14.7. The highest BCUT2D eigenvalue weighted by atomic mass is 79.9. The minimum atomic E-state index is 0.378. The molecule has 0 saturated heterocycles. The van der Waals surface area contributed by atoms with Gasteiger partial charge < -0.3 is 4.57 Å². The molecule has 1 saturated carbocycles. The Morgan fingerprint density at radius 2 is 1.90 bits per heavy atom. The Morgan fingerprint density at radius 1 is 1.25 bits per heavy atom. The van der Waals surface area contributed by atoms with Gasteiger partial charge in [0.25, 0.3) is 0 Å². The minimum Gasteiger partial charge on any atom is -0.327 e. The molecule has 0 spiro atoms. The van der Waals surface area contributed by atoms with Crippen LogP contribution in [0.1, 0.15) is 33.5 Å². The first-order valence-corrected chi connectivity index (χ1v) is 8.32. The molecule has 4 heteroatoms. The highest BCUT2D eigenvalue weighted by molar-refractivity contribution is 9.10. The highest BCUT2D eigenvalue weighted by Gasteiger charge is 2.64. The molecule has 1 aliphatic rings. The molecule has 108 valence electrons. The molecule has 1 aromatic carbocycles. The fourth-order valence-corrected chi connectivity index (χ4v) is 3.98. The van der Waals surface area contributed by atoms with E-state index in [0.717, 1.165) is 22.4 Å². The molecule has 1 aromatic heterocycles. The van der Waals surface area contributed by atoms with E-state index in [0.29, 0.717) is 22.6 Å². The first-order valence-electron chi connectivity index (χ1n) is 6.99. The molecule has 1 heterocycles. The van der Waals surface area contributed by atoms with Crippen molar-refractivity contribution in [2.24, 2.45) is 16.7 Å². The van der Waals surface area contributed by atoms with E-state index in [1.165, 1.54) is 5.52 Å². The molecule has 20 heavy (non-hydrogen) atoms. The fourth-order valence-electron chi connectivity index (χ4n) is 3.43. The number of hydrogen-bond donors (Lipinski definition) is 0. The van der Waals surface area contributed by atoms with E-state index in [2.05, 4.69) is 71.4 Å². The number of rotatable bonds is 3. The molecule has 3 rings (SSSR count). The van der Waals surface area contributed by atoms with Gasteiger partial charge in [0.05, 0.1) is 16.9 Å². The molecule has 0 aliphatic heterocycles. The maximum absolute atomic E-state index is 6.09. The summed E-state index contributed by atoms with van der Waals surface area (Å²) in [6.07, 6.45) is 0. The summed E-state index contributed by atoms with van der Waals surface area (Å²) in [5, 5.41) is 0. The van der Waals surface area contributed by atoms with E-state index in [4.69, 9.17) is 11.6 Å². The minimum absolute atomic E-state index is 0.378.